The summed E-state index contributed by atoms with van der Waals surface area (Å²) in [4.78, 5) is 17.4. The van der Waals surface area contributed by atoms with Crippen LogP contribution < -0.4 is 4.72 Å². The number of benzene rings is 2. The molecule has 0 radical (unpaired) electrons. The number of carbonyl (C=O) groups is 1. The van der Waals surface area contributed by atoms with Gasteiger partial charge in [0.25, 0.3) is 0 Å². The van der Waals surface area contributed by atoms with Gasteiger partial charge < -0.3 is 4.57 Å². The molecule has 0 aliphatic heterocycles. The summed E-state index contributed by atoms with van der Waals surface area (Å²) >= 11 is 7.76. The zero-order valence-electron chi connectivity index (χ0n) is 21.3. The first kappa shape index (κ1) is 27.1. The lowest BCUT2D eigenvalue weighted by Crippen LogP contribution is -2.33. The molecule has 1 N–H and O–H groups in total. The SMILES string of the molecule is CCCc1cc(-c2ccc(Cn3c(-c4ccccc4)nc(Cl)c3C=O)cc2)c(NS(=O)(=O)C(C)(C)C)s1. The highest BCUT2D eigenvalue weighted by molar-refractivity contribution is 7.94. The van der Waals surface area contributed by atoms with Gasteiger partial charge in [-0.15, -0.1) is 11.3 Å². The summed E-state index contributed by atoms with van der Waals surface area (Å²) in [5.74, 6) is 0.623. The van der Waals surface area contributed by atoms with E-state index in [0.717, 1.165) is 46.3 Å². The number of carbonyl (C=O) groups excluding carboxylic acids is 1. The Morgan fingerprint density at radius 2 is 1.73 bits per heavy atom. The summed E-state index contributed by atoms with van der Waals surface area (Å²) in [6.45, 7) is 7.57. The second-order valence-electron chi connectivity index (χ2n) is 9.80. The number of hydrogen-bond donors (Lipinski definition) is 1. The predicted octanol–water partition coefficient (Wildman–Crippen LogP) is 7.29. The van der Waals surface area contributed by atoms with E-state index < -0.39 is 14.8 Å². The third kappa shape index (κ3) is 5.81. The van der Waals surface area contributed by atoms with Crippen LogP contribution in [-0.4, -0.2) is 29.0 Å². The van der Waals surface area contributed by atoms with Gasteiger partial charge in [0.05, 0.1) is 4.75 Å². The molecule has 0 spiro atoms. The first-order valence-corrected chi connectivity index (χ1v) is 14.7. The lowest BCUT2D eigenvalue weighted by atomic mass is 10.0. The van der Waals surface area contributed by atoms with Crippen molar-refractivity contribution < 1.29 is 13.2 Å². The van der Waals surface area contributed by atoms with Crippen molar-refractivity contribution in [1.29, 1.82) is 0 Å². The van der Waals surface area contributed by atoms with Crippen molar-refractivity contribution in [3.63, 3.8) is 0 Å². The van der Waals surface area contributed by atoms with Crippen LogP contribution in [-0.2, 0) is 23.0 Å². The molecule has 0 bridgehead atoms. The van der Waals surface area contributed by atoms with Crippen molar-refractivity contribution in [1.82, 2.24) is 9.55 Å². The molecule has 0 atom stereocenters. The third-order valence-corrected chi connectivity index (χ3v) is 9.63. The predicted molar refractivity (Wildman–Crippen MR) is 153 cm³/mol. The lowest BCUT2D eigenvalue weighted by molar-refractivity contribution is 0.111. The first-order chi connectivity index (χ1) is 17.5. The van der Waals surface area contributed by atoms with Gasteiger partial charge in [0.2, 0.25) is 10.0 Å². The van der Waals surface area contributed by atoms with Gasteiger partial charge in [-0.25, -0.2) is 13.4 Å². The Hall–Kier alpha value is -2.94. The van der Waals surface area contributed by atoms with Crippen LogP contribution in [0.15, 0.2) is 60.7 Å². The van der Waals surface area contributed by atoms with Crippen LogP contribution >= 0.6 is 22.9 Å². The van der Waals surface area contributed by atoms with Crippen molar-refractivity contribution >= 4 is 44.2 Å². The number of nitrogens with zero attached hydrogens (tertiary/aromatic N) is 2. The van der Waals surface area contributed by atoms with Gasteiger partial charge in [0.1, 0.15) is 16.5 Å². The summed E-state index contributed by atoms with van der Waals surface area (Å²) in [5, 5.41) is 0.796. The summed E-state index contributed by atoms with van der Waals surface area (Å²) in [7, 11) is -3.56. The Kier molecular flexibility index (Phi) is 7.92. The zero-order chi connectivity index (χ0) is 26.8. The molecule has 0 saturated heterocycles. The highest BCUT2D eigenvalue weighted by atomic mass is 35.5. The summed E-state index contributed by atoms with van der Waals surface area (Å²) in [6, 6.07) is 19.6. The Bertz CT molecular complexity index is 1500. The molecule has 2 aromatic heterocycles. The van der Waals surface area contributed by atoms with Gasteiger partial charge in [-0.05, 0) is 44.4 Å². The van der Waals surface area contributed by atoms with Crippen LogP contribution in [0.1, 0.15) is 55.0 Å². The van der Waals surface area contributed by atoms with Crippen LogP contribution in [0.2, 0.25) is 5.15 Å². The molecule has 4 rings (SSSR count). The summed E-state index contributed by atoms with van der Waals surface area (Å²) in [5.41, 5.74) is 3.92. The Morgan fingerprint density at radius 3 is 2.32 bits per heavy atom. The molecular formula is C28H30ClN3O3S2. The maximum atomic E-state index is 12.9. The molecule has 37 heavy (non-hydrogen) atoms. The maximum absolute atomic E-state index is 12.9. The molecule has 0 unspecified atom stereocenters. The van der Waals surface area contributed by atoms with Gasteiger partial charge in [-0.3, -0.25) is 9.52 Å². The summed E-state index contributed by atoms with van der Waals surface area (Å²) < 4.78 is 29.5. The van der Waals surface area contributed by atoms with Gasteiger partial charge in [0.15, 0.2) is 11.4 Å². The van der Waals surface area contributed by atoms with Crippen LogP contribution in [0.3, 0.4) is 0 Å². The number of hydrogen-bond acceptors (Lipinski definition) is 5. The van der Waals surface area contributed by atoms with Gasteiger partial charge in [0, 0.05) is 22.5 Å². The molecule has 2 aromatic carbocycles. The minimum Gasteiger partial charge on any atom is -0.316 e. The van der Waals surface area contributed by atoms with E-state index in [1.54, 1.807) is 20.8 Å². The van der Waals surface area contributed by atoms with E-state index in [0.29, 0.717) is 23.1 Å². The number of imidazole rings is 1. The Labute approximate surface area is 227 Å². The van der Waals surface area contributed by atoms with Crippen LogP contribution in [0.5, 0.6) is 0 Å². The number of nitrogens with one attached hydrogen (secondary N) is 1. The van der Waals surface area contributed by atoms with E-state index in [9.17, 15) is 13.2 Å². The Morgan fingerprint density at radius 1 is 1.05 bits per heavy atom. The third-order valence-electron chi connectivity index (χ3n) is 6.02. The molecule has 4 aromatic rings. The largest absolute Gasteiger partial charge is 0.316 e. The smallest absolute Gasteiger partial charge is 0.238 e. The molecule has 0 aliphatic rings. The van der Waals surface area contributed by atoms with Crippen LogP contribution in [0.4, 0.5) is 5.00 Å². The van der Waals surface area contributed by atoms with Crippen LogP contribution in [0.25, 0.3) is 22.5 Å². The second-order valence-corrected chi connectivity index (χ2v) is 13.7. The van der Waals surface area contributed by atoms with E-state index in [1.165, 1.54) is 11.3 Å². The first-order valence-electron chi connectivity index (χ1n) is 12.0. The van der Waals surface area contributed by atoms with Gasteiger partial charge in [-0.1, -0.05) is 79.5 Å². The maximum Gasteiger partial charge on any atom is 0.238 e. The van der Waals surface area contributed by atoms with E-state index in [2.05, 4.69) is 22.7 Å². The molecule has 0 saturated carbocycles. The molecular weight excluding hydrogens is 526 g/mol. The molecule has 0 amide bonds. The number of halogens is 1. The molecule has 0 fully saturated rings. The molecule has 9 heteroatoms. The number of thiophene rings is 1. The fourth-order valence-corrected chi connectivity index (χ4v) is 6.28. The van der Waals surface area contributed by atoms with E-state index in [1.807, 2.05) is 59.2 Å². The topological polar surface area (TPSA) is 81.1 Å². The van der Waals surface area contributed by atoms with Crippen molar-refractivity contribution in [2.45, 2.75) is 51.8 Å². The van der Waals surface area contributed by atoms with Gasteiger partial charge in [-0.2, -0.15) is 0 Å². The highest BCUT2D eigenvalue weighted by Crippen LogP contribution is 2.39. The molecule has 6 nitrogen and oxygen atoms in total. The number of sulfonamides is 1. The fraction of sp³-hybridized carbons (Fsp3) is 0.286. The number of rotatable bonds is 9. The summed E-state index contributed by atoms with van der Waals surface area (Å²) in [6.07, 6.45) is 2.58. The lowest BCUT2D eigenvalue weighted by Gasteiger charge is -2.20. The number of aromatic nitrogens is 2. The van der Waals surface area contributed by atoms with E-state index >= 15 is 0 Å². The van der Waals surface area contributed by atoms with Gasteiger partial charge >= 0.3 is 0 Å². The number of aryl methyl sites for hydroxylation is 1. The molecule has 0 aliphatic carbocycles. The quantitative estimate of drug-likeness (QED) is 0.220. The minimum atomic E-state index is -3.56. The molecule has 2 heterocycles. The highest BCUT2D eigenvalue weighted by Gasteiger charge is 2.30. The number of anilines is 1. The monoisotopic (exact) mass is 555 g/mol. The second kappa shape index (κ2) is 10.8. The van der Waals surface area contributed by atoms with Crippen molar-refractivity contribution in [3.8, 4) is 22.5 Å². The minimum absolute atomic E-state index is 0.169. The molecule has 194 valence electrons. The fourth-order valence-electron chi connectivity index (χ4n) is 3.87. The number of aldehydes is 1. The average Bonchev–Trinajstić information content (AvgIpc) is 3.39. The van der Waals surface area contributed by atoms with E-state index in [-0.39, 0.29) is 5.15 Å². The average molecular weight is 556 g/mol. The van der Waals surface area contributed by atoms with Crippen molar-refractivity contribution in [3.05, 3.63) is 82.0 Å². The van der Waals surface area contributed by atoms with Crippen molar-refractivity contribution in [2.75, 3.05) is 4.72 Å². The normalized spacial score (nSPS) is 12.0. The standard InChI is InChI=1S/C28H30ClN3O3S2/c1-5-9-22-16-23(27(36-22)31-37(34,35)28(2,3)4)20-14-12-19(13-15-20)17-32-24(18-33)25(29)30-26(32)21-10-7-6-8-11-21/h6-8,10-16,18,31H,5,9,17H2,1-4H3. The van der Waals surface area contributed by atoms with E-state index in [4.69, 9.17) is 11.6 Å². The Balaban J connectivity index is 1.68. The van der Waals surface area contributed by atoms with Crippen LogP contribution in [0, 0.1) is 0 Å². The van der Waals surface area contributed by atoms with Crippen molar-refractivity contribution in [2.24, 2.45) is 0 Å². The zero-order valence-corrected chi connectivity index (χ0v) is 23.7.